The number of rotatable bonds is 6. The number of hydrogen-bond donors (Lipinski definition) is 0. The van der Waals surface area contributed by atoms with Crippen molar-refractivity contribution in [3.05, 3.63) is 120 Å². The predicted molar refractivity (Wildman–Crippen MR) is 143 cm³/mol. The first kappa shape index (κ1) is 25.7. The minimum atomic E-state index is -0.493. The third kappa shape index (κ3) is 6.78. The van der Waals surface area contributed by atoms with Crippen molar-refractivity contribution < 1.29 is 25.8 Å². The third-order valence-electron chi connectivity index (χ3n) is 5.87. The van der Waals surface area contributed by atoms with E-state index in [-0.39, 0.29) is 25.8 Å². The van der Waals surface area contributed by atoms with Crippen LogP contribution in [0.3, 0.4) is 0 Å². The zero-order chi connectivity index (χ0) is 22.2. The Bertz CT molecular complexity index is 1110. The molecule has 166 valence electrons. The number of hydrogen-bond acceptors (Lipinski definition) is 0. The topological polar surface area (TPSA) is 0 Å². The first-order chi connectivity index (χ1) is 15.8. The van der Waals surface area contributed by atoms with Gasteiger partial charge in [-0.2, -0.15) is 12.1 Å². The molecule has 0 aliphatic heterocycles. The number of benzene rings is 3. The van der Waals surface area contributed by atoms with Gasteiger partial charge in [-0.15, -0.1) is 53.7 Å². The molecule has 4 aromatic carbocycles. The molecule has 1 aliphatic rings. The molecule has 0 bridgehead atoms. The molecule has 0 N–H and O–H groups in total. The molecule has 0 aromatic heterocycles. The van der Waals surface area contributed by atoms with Gasteiger partial charge in [0.05, 0.1) is 0 Å². The summed E-state index contributed by atoms with van der Waals surface area (Å²) in [6.07, 6.45) is 10.5. The summed E-state index contributed by atoms with van der Waals surface area (Å²) in [5.41, 5.74) is 2.91. The van der Waals surface area contributed by atoms with Crippen molar-refractivity contribution in [2.45, 2.75) is 39.5 Å². The van der Waals surface area contributed by atoms with Crippen molar-refractivity contribution in [1.29, 1.82) is 0 Å². The van der Waals surface area contributed by atoms with Crippen LogP contribution in [0.25, 0.3) is 10.8 Å². The van der Waals surface area contributed by atoms with Crippen molar-refractivity contribution in [2.75, 3.05) is 0 Å². The minimum Gasteiger partial charge on any atom is -0.269 e. The molecule has 0 heterocycles. The van der Waals surface area contributed by atoms with Gasteiger partial charge in [0.1, 0.15) is 0 Å². The van der Waals surface area contributed by atoms with Crippen molar-refractivity contribution in [1.82, 2.24) is 0 Å². The van der Waals surface area contributed by atoms with E-state index in [1.807, 2.05) is 0 Å². The van der Waals surface area contributed by atoms with Crippen LogP contribution in [0.15, 0.2) is 114 Å². The first-order valence-corrected chi connectivity index (χ1v) is 12.9. The van der Waals surface area contributed by atoms with Crippen LogP contribution in [-0.2, 0) is 25.8 Å². The Kier molecular flexibility index (Phi) is 10.2. The molecule has 0 radical (unpaired) electrons. The molecule has 0 saturated carbocycles. The fourth-order valence-electron chi connectivity index (χ4n) is 4.09. The van der Waals surface area contributed by atoms with Crippen LogP contribution in [0, 0.1) is 6.08 Å². The quantitative estimate of drug-likeness (QED) is 0.120. The molecule has 0 atom stereocenters. The van der Waals surface area contributed by atoms with Gasteiger partial charge in [-0.05, 0) is 18.5 Å². The third-order valence-corrected chi connectivity index (χ3v) is 8.27. The number of fused-ring (bicyclic) bond motifs is 1. The second-order valence-electron chi connectivity index (χ2n) is 8.20. The van der Waals surface area contributed by atoms with Crippen molar-refractivity contribution >= 4 is 34.6 Å². The maximum atomic E-state index is 3.37. The van der Waals surface area contributed by atoms with E-state index >= 15 is 0 Å². The molecule has 0 amide bonds. The van der Waals surface area contributed by atoms with Gasteiger partial charge in [0.2, 0.25) is 0 Å². The van der Waals surface area contributed by atoms with E-state index in [1.54, 1.807) is 0 Å². The Morgan fingerprint density at radius 2 is 1.45 bits per heavy atom. The fraction of sp³-hybridized carbons (Fsp3) is 0.194. The molecule has 2 heteroatoms. The molecule has 0 nitrogen and oxygen atoms in total. The van der Waals surface area contributed by atoms with Crippen LogP contribution in [0.2, 0.25) is 0 Å². The van der Waals surface area contributed by atoms with Gasteiger partial charge in [-0.1, -0.05) is 92.9 Å². The Morgan fingerprint density at radius 1 is 0.848 bits per heavy atom. The van der Waals surface area contributed by atoms with Crippen LogP contribution >= 0.6 is 7.92 Å². The molecule has 0 unspecified atom stereocenters. The van der Waals surface area contributed by atoms with Crippen molar-refractivity contribution in [3.8, 4) is 0 Å². The van der Waals surface area contributed by atoms with Gasteiger partial charge in [0.25, 0.3) is 0 Å². The largest absolute Gasteiger partial charge is 0.269 e. The van der Waals surface area contributed by atoms with Gasteiger partial charge in [-0.25, -0.2) is 11.1 Å². The summed E-state index contributed by atoms with van der Waals surface area (Å²) in [7, 11) is -0.493. The van der Waals surface area contributed by atoms with Gasteiger partial charge in [-0.3, -0.25) is 6.08 Å². The zero-order valence-electron chi connectivity index (χ0n) is 19.6. The van der Waals surface area contributed by atoms with Gasteiger partial charge < -0.3 is 0 Å². The minimum absolute atomic E-state index is 0. The fourth-order valence-corrected chi connectivity index (χ4v) is 6.46. The summed E-state index contributed by atoms with van der Waals surface area (Å²) in [5, 5.41) is 6.89. The van der Waals surface area contributed by atoms with E-state index in [9.17, 15) is 0 Å². The summed E-state index contributed by atoms with van der Waals surface area (Å²) >= 11 is 0. The van der Waals surface area contributed by atoms with Crippen molar-refractivity contribution in [3.63, 3.8) is 0 Å². The maximum Gasteiger partial charge on any atom is 0 e. The van der Waals surface area contributed by atoms with E-state index in [0.29, 0.717) is 0 Å². The summed E-state index contributed by atoms with van der Waals surface area (Å²) < 4.78 is 0. The SMILES string of the molecule is CCCCC1=[C-]CC=C1C.[Hf].c1ccc(P(c2ccccc2)c2cc3ccccc3[cH-]2)cc1. The van der Waals surface area contributed by atoms with Gasteiger partial charge >= 0.3 is 0 Å². The average molecular weight is 613 g/mol. The zero-order valence-corrected chi connectivity index (χ0v) is 24.1. The predicted octanol–water partition coefficient (Wildman–Crippen LogP) is 7.57. The monoisotopic (exact) mass is 614 g/mol. The molecule has 4 aromatic rings. The van der Waals surface area contributed by atoms with E-state index in [2.05, 4.69) is 123 Å². The second-order valence-corrected chi connectivity index (χ2v) is 10.4. The van der Waals surface area contributed by atoms with Crippen molar-refractivity contribution in [2.24, 2.45) is 0 Å². The number of unbranched alkanes of at least 4 members (excludes halogenated alkanes) is 1. The molecule has 0 spiro atoms. The Morgan fingerprint density at radius 3 is 2.00 bits per heavy atom. The molecular weight excluding hydrogens is 582 g/mol. The summed E-state index contributed by atoms with van der Waals surface area (Å²) in [6.45, 7) is 4.42. The van der Waals surface area contributed by atoms with E-state index in [4.69, 9.17) is 0 Å². The molecule has 33 heavy (non-hydrogen) atoms. The van der Waals surface area contributed by atoms with Crippen LogP contribution < -0.4 is 15.9 Å². The van der Waals surface area contributed by atoms with Gasteiger partial charge in [0.15, 0.2) is 0 Å². The molecule has 5 rings (SSSR count). The van der Waals surface area contributed by atoms with Gasteiger partial charge in [0, 0.05) is 25.8 Å². The van der Waals surface area contributed by atoms with E-state index in [1.165, 1.54) is 57.1 Å². The van der Waals surface area contributed by atoms with Crippen LogP contribution in [0.1, 0.15) is 39.5 Å². The Hall–Kier alpha value is -1.95. The van der Waals surface area contributed by atoms with E-state index in [0.717, 1.165) is 6.42 Å². The molecule has 0 fully saturated rings. The smallest absolute Gasteiger partial charge is 0 e. The Balaban J connectivity index is 0.000000237. The average Bonchev–Trinajstić information content (AvgIpc) is 3.45. The van der Waals surface area contributed by atoms with Crippen LogP contribution in [-0.4, -0.2) is 0 Å². The summed E-state index contributed by atoms with van der Waals surface area (Å²) in [6, 6.07) is 35.0. The standard InChI is InChI=1S/C21H16P.C10H15.Hf/c1-3-11-19(12-4-1)22(20-13-5-2-6-14-20)21-15-17-9-7-8-10-18(17)16-21;1-3-4-7-10-8-5-6-9(10)2;/h1-16H;6H,3-5,7H2,1-2H3;/q2*-1;. The molecule has 1 aliphatic carbocycles. The Labute approximate surface area is 219 Å². The first-order valence-electron chi connectivity index (χ1n) is 11.6. The van der Waals surface area contributed by atoms with Crippen LogP contribution in [0.4, 0.5) is 0 Å². The molecule has 0 saturated heterocycles. The summed E-state index contributed by atoms with van der Waals surface area (Å²) in [4.78, 5) is 0. The second kappa shape index (κ2) is 13.1. The normalized spacial score (nSPS) is 12.6. The molecular formula is C31H31HfP-2. The maximum absolute atomic E-state index is 3.37. The van der Waals surface area contributed by atoms with E-state index < -0.39 is 7.92 Å². The summed E-state index contributed by atoms with van der Waals surface area (Å²) in [5.74, 6) is 0. The van der Waals surface area contributed by atoms with Crippen LogP contribution in [0.5, 0.6) is 0 Å². The number of allylic oxidation sites excluding steroid dienone is 4.